The largest absolute Gasteiger partial charge is 0.392 e. The summed E-state index contributed by atoms with van der Waals surface area (Å²) in [4.78, 5) is 13.9. The van der Waals surface area contributed by atoms with Crippen LogP contribution in [0.5, 0.6) is 0 Å². The van der Waals surface area contributed by atoms with Crippen molar-refractivity contribution >= 4 is 5.91 Å². The molecule has 0 atom stereocenters. The second kappa shape index (κ2) is 10.1. The first-order chi connectivity index (χ1) is 13.7. The predicted molar refractivity (Wildman–Crippen MR) is 111 cm³/mol. The summed E-state index contributed by atoms with van der Waals surface area (Å²) in [6.07, 6.45) is 3.62. The van der Waals surface area contributed by atoms with Gasteiger partial charge in [-0.15, -0.1) is 0 Å². The van der Waals surface area contributed by atoms with E-state index in [0.717, 1.165) is 49.0 Å². The van der Waals surface area contributed by atoms with Gasteiger partial charge in [0.25, 0.3) is 0 Å². The number of benzene rings is 2. The van der Waals surface area contributed by atoms with Gasteiger partial charge in [0, 0.05) is 37.2 Å². The Hall–Kier alpha value is -2.61. The van der Waals surface area contributed by atoms with Gasteiger partial charge < -0.3 is 15.7 Å². The van der Waals surface area contributed by atoms with Gasteiger partial charge in [0.1, 0.15) is 0 Å². The Kier molecular flexibility index (Phi) is 7.25. The van der Waals surface area contributed by atoms with Crippen molar-refractivity contribution < 1.29 is 9.90 Å². The van der Waals surface area contributed by atoms with Crippen molar-refractivity contribution in [3.63, 3.8) is 0 Å². The molecule has 0 bridgehead atoms. The molecule has 0 unspecified atom stereocenters. The van der Waals surface area contributed by atoms with Crippen LogP contribution in [-0.4, -0.2) is 35.5 Å². The first kappa shape index (κ1) is 20.1. The van der Waals surface area contributed by atoms with Gasteiger partial charge in [-0.25, -0.2) is 0 Å². The lowest BCUT2D eigenvalue weighted by atomic mass is 9.90. The van der Waals surface area contributed by atoms with Gasteiger partial charge in [-0.1, -0.05) is 36.1 Å². The predicted octanol–water partition coefficient (Wildman–Crippen LogP) is 2.71. The van der Waals surface area contributed by atoms with Crippen LogP contribution >= 0.6 is 0 Å². The van der Waals surface area contributed by atoms with Crippen LogP contribution in [0.1, 0.15) is 41.5 Å². The van der Waals surface area contributed by atoms with Crippen LogP contribution < -0.4 is 5.73 Å². The molecule has 0 radical (unpaired) electrons. The lowest BCUT2D eigenvalue weighted by molar-refractivity contribution is -0.132. The van der Waals surface area contributed by atoms with Crippen molar-refractivity contribution in [1.82, 2.24) is 4.90 Å². The zero-order chi connectivity index (χ0) is 19.8. The van der Waals surface area contributed by atoms with E-state index < -0.39 is 0 Å². The number of hydrogen-bond donors (Lipinski definition) is 2. The molecule has 28 heavy (non-hydrogen) atoms. The summed E-state index contributed by atoms with van der Waals surface area (Å²) >= 11 is 0. The number of nitrogens with two attached hydrogens (primary N) is 1. The first-order valence-electron chi connectivity index (χ1n) is 9.96. The third kappa shape index (κ3) is 5.69. The number of carbonyl (C=O) groups is 1. The molecular weight excluding hydrogens is 348 g/mol. The number of rotatable bonds is 5. The van der Waals surface area contributed by atoms with Crippen LogP contribution in [0.2, 0.25) is 0 Å². The highest BCUT2D eigenvalue weighted by atomic mass is 16.3. The van der Waals surface area contributed by atoms with Gasteiger partial charge in [0.05, 0.1) is 6.61 Å². The molecule has 1 fully saturated rings. The van der Waals surface area contributed by atoms with Gasteiger partial charge >= 0.3 is 0 Å². The number of carbonyl (C=O) groups excluding carboxylic acids is 1. The summed E-state index contributed by atoms with van der Waals surface area (Å²) in [5.41, 5.74) is 9.63. The molecule has 0 aliphatic carbocycles. The highest BCUT2D eigenvalue weighted by Gasteiger charge is 2.22. The molecule has 1 aliphatic rings. The third-order valence-corrected chi connectivity index (χ3v) is 5.29. The number of piperidine rings is 1. The molecule has 4 nitrogen and oxygen atoms in total. The molecule has 1 amide bonds. The highest BCUT2D eigenvalue weighted by molar-refractivity contribution is 5.76. The Labute approximate surface area is 167 Å². The Balaban J connectivity index is 1.51. The summed E-state index contributed by atoms with van der Waals surface area (Å²) in [6.45, 7) is 2.18. The SMILES string of the molecule is NCCC(=O)N1CCC(Cc2ccc(C#Cc3ccc(CO)cc3)cc2)CC1. The minimum atomic E-state index is 0.0538. The quantitative estimate of drug-likeness (QED) is 0.789. The molecule has 3 N–H and O–H groups in total. The van der Waals surface area contributed by atoms with Crippen LogP contribution in [0.3, 0.4) is 0 Å². The molecule has 1 heterocycles. The fourth-order valence-corrected chi connectivity index (χ4v) is 3.56. The molecular formula is C24H28N2O2. The van der Waals surface area contributed by atoms with E-state index in [1.54, 1.807) is 0 Å². The van der Waals surface area contributed by atoms with Crippen LogP contribution in [0.25, 0.3) is 0 Å². The second-order valence-electron chi connectivity index (χ2n) is 7.37. The van der Waals surface area contributed by atoms with Crippen molar-refractivity contribution in [3.05, 3.63) is 70.8 Å². The normalized spacial score (nSPS) is 14.4. The maximum atomic E-state index is 11.9. The summed E-state index contributed by atoms with van der Waals surface area (Å²) in [5, 5.41) is 9.08. The van der Waals surface area contributed by atoms with E-state index in [1.807, 2.05) is 29.2 Å². The summed E-state index contributed by atoms with van der Waals surface area (Å²) in [5.74, 6) is 7.17. The Morgan fingerprint density at radius 3 is 2.00 bits per heavy atom. The smallest absolute Gasteiger partial charge is 0.223 e. The highest BCUT2D eigenvalue weighted by Crippen LogP contribution is 2.22. The minimum absolute atomic E-state index is 0.0538. The van der Waals surface area contributed by atoms with E-state index in [1.165, 1.54) is 5.56 Å². The molecule has 146 valence electrons. The van der Waals surface area contributed by atoms with Crippen LogP contribution in [0, 0.1) is 17.8 Å². The molecule has 0 spiro atoms. The first-order valence-corrected chi connectivity index (χ1v) is 9.96. The number of aliphatic hydroxyl groups excluding tert-OH is 1. The molecule has 2 aromatic carbocycles. The van der Waals surface area contributed by atoms with E-state index in [-0.39, 0.29) is 12.5 Å². The Morgan fingerprint density at radius 1 is 0.964 bits per heavy atom. The average Bonchev–Trinajstić information content (AvgIpc) is 2.74. The van der Waals surface area contributed by atoms with Crippen molar-refractivity contribution in [2.75, 3.05) is 19.6 Å². The standard InChI is InChI=1S/C24H28N2O2/c25-14-11-24(28)26-15-12-22(13-16-26)17-21-7-3-19(4-8-21)1-2-20-5-9-23(18-27)10-6-20/h3-10,22,27H,11-18,25H2. The van der Waals surface area contributed by atoms with Crippen LogP contribution in [0.15, 0.2) is 48.5 Å². The summed E-state index contributed by atoms with van der Waals surface area (Å²) in [7, 11) is 0. The minimum Gasteiger partial charge on any atom is -0.392 e. The fourth-order valence-electron chi connectivity index (χ4n) is 3.56. The van der Waals surface area contributed by atoms with Gasteiger partial charge in [0.2, 0.25) is 5.91 Å². The maximum Gasteiger partial charge on any atom is 0.223 e. The summed E-state index contributed by atoms with van der Waals surface area (Å²) in [6, 6.07) is 16.1. The van der Waals surface area contributed by atoms with E-state index in [4.69, 9.17) is 10.8 Å². The van der Waals surface area contributed by atoms with Gasteiger partial charge in [0.15, 0.2) is 0 Å². The van der Waals surface area contributed by atoms with E-state index in [0.29, 0.717) is 18.9 Å². The number of amides is 1. The Bertz CT molecular complexity index is 824. The van der Waals surface area contributed by atoms with Crippen LogP contribution in [-0.2, 0) is 17.8 Å². The number of aliphatic hydroxyl groups is 1. The molecule has 0 saturated carbocycles. The fraction of sp³-hybridized carbons (Fsp3) is 0.375. The van der Waals surface area contributed by atoms with E-state index in [9.17, 15) is 4.79 Å². The monoisotopic (exact) mass is 376 g/mol. The average molecular weight is 377 g/mol. The van der Waals surface area contributed by atoms with Crippen LogP contribution in [0.4, 0.5) is 0 Å². The zero-order valence-electron chi connectivity index (χ0n) is 16.2. The summed E-state index contributed by atoms with van der Waals surface area (Å²) < 4.78 is 0. The molecule has 4 heteroatoms. The van der Waals surface area contributed by atoms with Crippen molar-refractivity contribution in [2.45, 2.75) is 32.3 Å². The third-order valence-electron chi connectivity index (χ3n) is 5.29. The van der Waals surface area contributed by atoms with Crippen molar-refractivity contribution in [1.29, 1.82) is 0 Å². The lowest BCUT2D eigenvalue weighted by Gasteiger charge is -2.32. The Morgan fingerprint density at radius 2 is 1.50 bits per heavy atom. The topological polar surface area (TPSA) is 66.6 Å². The molecule has 2 aromatic rings. The van der Waals surface area contributed by atoms with Gasteiger partial charge in [-0.05, 0) is 60.6 Å². The zero-order valence-corrected chi connectivity index (χ0v) is 16.2. The number of nitrogens with zero attached hydrogens (tertiary/aromatic N) is 1. The number of likely N-dealkylation sites (tertiary alicyclic amines) is 1. The van der Waals surface area contributed by atoms with E-state index >= 15 is 0 Å². The lowest BCUT2D eigenvalue weighted by Crippen LogP contribution is -2.39. The van der Waals surface area contributed by atoms with Crippen molar-refractivity contribution in [3.8, 4) is 11.8 Å². The molecule has 0 aromatic heterocycles. The van der Waals surface area contributed by atoms with Gasteiger partial charge in [-0.2, -0.15) is 0 Å². The molecule has 1 aliphatic heterocycles. The maximum absolute atomic E-state index is 11.9. The van der Waals surface area contributed by atoms with Crippen molar-refractivity contribution in [2.24, 2.45) is 11.7 Å². The second-order valence-corrected chi connectivity index (χ2v) is 7.37. The molecule has 3 rings (SSSR count). The molecule has 1 saturated heterocycles. The van der Waals surface area contributed by atoms with Gasteiger partial charge in [-0.3, -0.25) is 4.79 Å². The number of hydrogen-bond acceptors (Lipinski definition) is 3. The van der Waals surface area contributed by atoms with E-state index in [2.05, 4.69) is 36.1 Å².